The van der Waals surface area contributed by atoms with Crippen molar-refractivity contribution in [2.75, 3.05) is 23.8 Å². The molecule has 2 aliphatic heterocycles. The van der Waals surface area contributed by atoms with Gasteiger partial charge in [-0.05, 0) is 73.7 Å². The van der Waals surface area contributed by atoms with Crippen molar-refractivity contribution in [3.63, 3.8) is 0 Å². The molecule has 4 atom stereocenters. The van der Waals surface area contributed by atoms with Crippen molar-refractivity contribution in [2.24, 2.45) is 18.9 Å². The lowest BCUT2D eigenvalue weighted by Gasteiger charge is -2.47. The number of nitrogens with zero attached hydrogens (tertiary/aromatic N) is 3. The van der Waals surface area contributed by atoms with E-state index in [-0.39, 0.29) is 23.4 Å². The highest BCUT2D eigenvalue weighted by atomic mass is 19.1. The van der Waals surface area contributed by atoms with E-state index in [1.807, 2.05) is 49.5 Å². The Kier molecular flexibility index (Phi) is 7.58. The summed E-state index contributed by atoms with van der Waals surface area (Å²) in [5.74, 6) is -1.77. The van der Waals surface area contributed by atoms with Gasteiger partial charge in [0.25, 0.3) is 5.91 Å². The van der Waals surface area contributed by atoms with Gasteiger partial charge >= 0.3 is 0 Å². The first-order valence-electron chi connectivity index (χ1n) is 15.6. The van der Waals surface area contributed by atoms with Crippen molar-refractivity contribution in [3.8, 4) is 0 Å². The molecule has 3 aromatic carbocycles. The highest BCUT2D eigenvalue weighted by Gasteiger charge is 2.51. The highest BCUT2D eigenvalue weighted by Crippen LogP contribution is 2.46. The molecule has 8 nitrogen and oxygen atoms in total. The Morgan fingerprint density at radius 3 is 2.55 bits per heavy atom. The monoisotopic (exact) mass is 595 g/mol. The summed E-state index contributed by atoms with van der Waals surface area (Å²) >= 11 is 0. The van der Waals surface area contributed by atoms with E-state index in [0.29, 0.717) is 36.9 Å². The predicted molar refractivity (Wildman–Crippen MR) is 168 cm³/mol. The Bertz CT molecular complexity index is 1680. The molecule has 4 aromatic rings. The number of aromatic nitrogens is 2. The maximum absolute atomic E-state index is 15.3. The molecule has 9 heteroatoms. The number of nitrogens with one attached hydrogen (secondary N) is 2. The molecule has 0 radical (unpaired) electrons. The van der Waals surface area contributed by atoms with E-state index >= 15 is 4.39 Å². The van der Waals surface area contributed by atoms with Crippen LogP contribution < -0.4 is 10.6 Å². The molecule has 2 N–H and O–H groups in total. The minimum atomic E-state index is -0.606. The molecular weight excluding hydrogens is 557 g/mol. The number of amides is 2. The zero-order valence-corrected chi connectivity index (χ0v) is 25.1. The largest absolute Gasteiger partial charge is 0.382 e. The van der Waals surface area contributed by atoms with E-state index in [9.17, 15) is 9.59 Å². The summed E-state index contributed by atoms with van der Waals surface area (Å²) in [7, 11) is 1.87. The number of benzene rings is 3. The second-order valence-electron chi connectivity index (χ2n) is 12.6. The number of anilines is 2. The number of hydrogen-bond donors (Lipinski definition) is 2. The molecule has 228 valence electrons. The smallest absolute Gasteiger partial charge is 0.257 e. The van der Waals surface area contributed by atoms with Crippen LogP contribution in [0.15, 0.2) is 66.9 Å². The van der Waals surface area contributed by atoms with Crippen molar-refractivity contribution < 1.29 is 18.7 Å². The van der Waals surface area contributed by atoms with Gasteiger partial charge in [-0.1, -0.05) is 37.1 Å². The summed E-state index contributed by atoms with van der Waals surface area (Å²) in [5.41, 5.74) is 4.04. The Labute approximate surface area is 256 Å². The lowest BCUT2D eigenvalue weighted by Crippen LogP contribution is -2.55. The summed E-state index contributed by atoms with van der Waals surface area (Å²) < 4.78 is 23.0. The van der Waals surface area contributed by atoms with Gasteiger partial charge in [0.05, 0.1) is 48.5 Å². The standard InChI is InChI=1S/C35H38FN5O3/c1-21-6-5-9-29(36)32(21)35(43)41-31-20-44-19-24(31)16-28(34(42)39-27-15-12-23-18-37-40(2)30(23)17-27)33(41)22-10-13-26(14-11-22)38-25-7-3-4-8-25/h5-6,9-15,17-18,24-25,28,31,33,38H,3-4,7-8,16,19-20H2,1-2H3,(H,39,42)/t24-,28-,31+,33-/m0/s1. The average molecular weight is 596 g/mol. The Balaban J connectivity index is 1.27. The fraction of sp³-hybridized carbons (Fsp3) is 0.400. The lowest BCUT2D eigenvalue weighted by atomic mass is 9.76. The average Bonchev–Trinajstić information content (AvgIpc) is 3.79. The normalized spacial score (nSPS) is 23.6. The first-order valence-corrected chi connectivity index (χ1v) is 15.6. The van der Waals surface area contributed by atoms with Crippen molar-refractivity contribution in [2.45, 2.75) is 57.2 Å². The van der Waals surface area contributed by atoms with Gasteiger partial charge in [-0.2, -0.15) is 5.10 Å². The summed E-state index contributed by atoms with van der Waals surface area (Å²) in [5, 5.41) is 12.1. The van der Waals surface area contributed by atoms with Gasteiger partial charge in [0.1, 0.15) is 5.82 Å². The number of piperidine rings is 1. The quantitative estimate of drug-likeness (QED) is 0.276. The summed E-state index contributed by atoms with van der Waals surface area (Å²) in [6.45, 7) is 2.56. The van der Waals surface area contributed by atoms with E-state index < -0.39 is 23.7 Å². The molecule has 44 heavy (non-hydrogen) atoms. The van der Waals surface area contributed by atoms with Gasteiger partial charge in [-0.3, -0.25) is 14.3 Å². The highest BCUT2D eigenvalue weighted by molar-refractivity contribution is 5.99. The first kappa shape index (κ1) is 28.5. The minimum Gasteiger partial charge on any atom is -0.382 e. The first-order chi connectivity index (χ1) is 21.4. The third-order valence-electron chi connectivity index (χ3n) is 9.76. The van der Waals surface area contributed by atoms with Crippen LogP contribution in [0, 0.1) is 24.6 Å². The zero-order chi connectivity index (χ0) is 30.4. The van der Waals surface area contributed by atoms with Crippen LogP contribution in [0.1, 0.15) is 59.6 Å². The van der Waals surface area contributed by atoms with Crippen molar-refractivity contribution in [1.82, 2.24) is 14.7 Å². The van der Waals surface area contributed by atoms with Gasteiger partial charge in [0, 0.05) is 35.8 Å². The van der Waals surface area contributed by atoms with E-state index in [0.717, 1.165) is 35.0 Å². The molecule has 1 saturated carbocycles. The number of halogens is 1. The van der Waals surface area contributed by atoms with Crippen LogP contribution in [0.25, 0.3) is 10.9 Å². The number of rotatable bonds is 6. The molecule has 7 rings (SSSR count). The molecule has 0 unspecified atom stereocenters. The van der Waals surface area contributed by atoms with Crippen LogP contribution in [0.5, 0.6) is 0 Å². The number of fused-ring (bicyclic) bond motifs is 2. The Morgan fingerprint density at radius 1 is 1.00 bits per heavy atom. The van der Waals surface area contributed by atoms with Crippen LogP contribution in [-0.4, -0.2) is 51.8 Å². The lowest BCUT2D eigenvalue weighted by molar-refractivity contribution is -0.124. The summed E-state index contributed by atoms with van der Waals surface area (Å²) in [6.07, 6.45) is 7.13. The fourth-order valence-electron chi connectivity index (χ4n) is 7.47. The molecule has 0 bridgehead atoms. The van der Waals surface area contributed by atoms with E-state index in [1.165, 1.54) is 18.9 Å². The summed E-state index contributed by atoms with van der Waals surface area (Å²) in [4.78, 5) is 30.4. The maximum Gasteiger partial charge on any atom is 0.257 e. The Hall–Kier alpha value is -4.24. The van der Waals surface area contributed by atoms with Gasteiger partial charge in [0.15, 0.2) is 0 Å². The molecule has 2 amide bonds. The predicted octanol–water partition coefficient (Wildman–Crippen LogP) is 6.23. The molecule has 1 aromatic heterocycles. The molecular formula is C35H38FN5O3. The number of hydrogen-bond acceptors (Lipinski definition) is 5. The van der Waals surface area contributed by atoms with E-state index in [4.69, 9.17) is 4.74 Å². The fourth-order valence-corrected chi connectivity index (χ4v) is 7.47. The topological polar surface area (TPSA) is 88.5 Å². The number of carbonyl (C=O) groups is 2. The van der Waals surface area contributed by atoms with E-state index in [1.54, 1.807) is 34.8 Å². The third-order valence-corrected chi connectivity index (χ3v) is 9.76. The second-order valence-corrected chi connectivity index (χ2v) is 12.6. The van der Waals surface area contributed by atoms with Crippen LogP contribution in [0.4, 0.5) is 15.8 Å². The van der Waals surface area contributed by atoms with Gasteiger partial charge < -0.3 is 20.3 Å². The van der Waals surface area contributed by atoms with Crippen LogP contribution >= 0.6 is 0 Å². The van der Waals surface area contributed by atoms with E-state index in [2.05, 4.69) is 15.7 Å². The van der Waals surface area contributed by atoms with Crippen molar-refractivity contribution in [3.05, 3.63) is 89.4 Å². The molecule has 1 aliphatic carbocycles. The third kappa shape index (κ3) is 5.23. The number of carbonyl (C=O) groups excluding carboxylic acids is 2. The minimum absolute atomic E-state index is 0.0408. The van der Waals surface area contributed by atoms with Crippen molar-refractivity contribution >= 4 is 34.1 Å². The van der Waals surface area contributed by atoms with Gasteiger partial charge in [-0.25, -0.2) is 4.39 Å². The number of aryl methyl sites for hydroxylation is 2. The molecule has 3 aliphatic rings. The Morgan fingerprint density at radius 2 is 1.77 bits per heavy atom. The number of ether oxygens (including phenoxy) is 1. The molecule has 2 saturated heterocycles. The van der Waals surface area contributed by atoms with Crippen molar-refractivity contribution in [1.29, 1.82) is 0 Å². The molecule has 3 fully saturated rings. The molecule has 0 spiro atoms. The van der Waals surface area contributed by atoms with Crippen LogP contribution in [-0.2, 0) is 16.6 Å². The summed E-state index contributed by atoms with van der Waals surface area (Å²) in [6, 6.07) is 18.1. The zero-order valence-electron chi connectivity index (χ0n) is 25.1. The van der Waals surface area contributed by atoms with Gasteiger partial charge in [-0.15, -0.1) is 0 Å². The SMILES string of the molecule is Cc1cccc(F)c1C(=O)N1[C@@H]2COC[C@@H]2C[C@H](C(=O)Nc2ccc3cnn(C)c3c2)[C@@H]1c1ccc(NC2CCCC2)cc1. The maximum atomic E-state index is 15.3. The second kappa shape index (κ2) is 11.7. The van der Waals surface area contributed by atoms with Crippen LogP contribution in [0.2, 0.25) is 0 Å². The van der Waals surface area contributed by atoms with Gasteiger partial charge in [0.2, 0.25) is 5.91 Å². The molecule has 3 heterocycles. The number of likely N-dealkylation sites (tertiary alicyclic amines) is 1. The van der Waals surface area contributed by atoms with Crippen LogP contribution in [0.3, 0.4) is 0 Å².